The zero-order chi connectivity index (χ0) is 18.7. The molecule has 0 amide bonds. The smallest absolute Gasteiger partial charge is 0.102 e. The summed E-state index contributed by atoms with van der Waals surface area (Å²) in [6, 6.07) is 17.7. The van der Waals surface area contributed by atoms with Crippen LogP contribution in [-0.4, -0.2) is 0 Å². The molecular weight excluding hydrogens is 320 g/mol. The fraction of sp³-hybridized carbons (Fsp3) is 0.182. The van der Waals surface area contributed by atoms with Crippen LogP contribution in [-0.2, 0) is 6.42 Å². The van der Waals surface area contributed by atoms with Crippen LogP contribution < -0.4 is 0 Å². The molecule has 0 unspecified atom stereocenters. The molecule has 0 fully saturated rings. The molecule has 0 radical (unpaired) electrons. The van der Waals surface area contributed by atoms with Gasteiger partial charge in [0, 0.05) is 10.8 Å². The van der Waals surface area contributed by atoms with E-state index < -0.39 is 0 Å². The van der Waals surface area contributed by atoms with Crippen LogP contribution in [0.2, 0.25) is 0 Å². The highest BCUT2D eigenvalue weighted by molar-refractivity contribution is 6.14. The van der Waals surface area contributed by atoms with Crippen molar-refractivity contribution in [2.75, 3.05) is 0 Å². The minimum Gasteiger partial charge on any atom is -0.192 e. The maximum absolute atomic E-state index is 9.76. The number of aryl methyl sites for hydroxylation is 1. The van der Waals surface area contributed by atoms with Crippen molar-refractivity contribution in [3.05, 3.63) is 58.1 Å². The molecule has 3 aromatic carbocycles. The highest BCUT2D eigenvalue weighted by Crippen LogP contribution is 2.36. The SMILES string of the molecule is CCCCc1cccc2ccc3c(C#N)c(C#N)c(C#N)c(C#N)c3c12. The average molecular weight is 334 g/mol. The first-order valence-electron chi connectivity index (χ1n) is 8.36. The molecule has 0 aromatic heterocycles. The maximum Gasteiger partial charge on any atom is 0.102 e. The minimum absolute atomic E-state index is 0.0168. The zero-order valence-corrected chi connectivity index (χ0v) is 14.3. The summed E-state index contributed by atoms with van der Waals surface area (Å²) in [5.74, 6) is 0. The molecule has 4 nitrogen and oxygen atoms in total. The summed E-state index contributed by atoms with van der Waals surface area (Å²) in [4.78, 5) is 0. The average Bonchev–Trinajstić information content (AvgIpc) is 2.69. The number of rotatable bonds is 3. The van der Waals surface area contributed by atoms with Crippen LogP contribution >= 0.6 is 0 Å². The van der Waals surface area contributed by atoms with Crippen molar-refractivity contribution in [3.63, 3.8) is 0 Å². The first kappa shape index (κ1) is 17.0. The van der Waals surface area contributed by atoms with Crippen LogP contribution in [0, 0.1) is 45.3 Å². The number of nitriles is 4. The van der Waals surface area contributed by atoms with Crippen LogP contribution in [0.1, 0.15) is 47.6 Å². The molecule has 0 saturated heterocycles. The fourth-order valence-corrected chi connectivity index (χ4v) is 3.46. The predicted molar refractivity (Wildman–Crippen MR) is 98.9 cm³/mol. The molecule has 0 aliphatic rings. The second-order valence-corrected chi connectivity index (χ2v) is 6.05. The molecule has 0 atom stereocenters. The molecule has 0 heterocycles. The number of fused-ring (bicyclic) bond motifs is 3. The standard InChI is InChI=1S/C22H14N4/c1-2-3-5-14-6-4-7-15-8-9-16-17(10-23)18(11-24)19(12-25)20(13-26)22(16)21(14)15/h4,6-9H,2-3,5H2,1H3. The monoisotopic (exact) mass is 334 g/mol. The molecule has 0 saturated carbocycles. The molecule has 0 spiro atoms. The highest BCUT2D eigenvalue weighted by atomic mass is 14.3. The Labute approximate surface area is 151 Å². The van der Waals surface area contributed by atoms with Gasteiger partial charge < -0.3 is 0 Å². The van der Waals surface area contributed by atoms with Gasteiger partial charge in [0.2, 0.25) is 0 Å². The Balaban J connectivity index is 2.65. The van der Waals surface area contributed by atoms with E-state index in [9.17, 15) is 21.0 Å². The lowest BCUT2D eigenvalue weighted by atomic mass is 9.86. The number of hydrogen-bond donors (Lipinski definition) is 0. The molecule has 3 rings (SSSR count). The van der Waals surface area contributed by atoms with Gasteiger partial charge in [0.15, 0.2) is 0 Å². The Morgan fingerprint density at radius 2 is 1.38 bits per heavy atom. The zero-order valence-electron chi connectivity index (χ0n) is 14.3. The number of hydrogen-bond acceptors (Lipinski definition) is 4. The van der Waals surface area contributed by atoms with E-state index in [0.717, 1.165) is 35.6 Å². The van der Waals surface area contributed by atoms with E-state index in [4.69, 9.17) is 0 Å². The quantitative estimate of drug-likeness (QED) is 0.641. The molecule has 26 heavy (non-hydrogen) atoms. The van der Waals surface area contributed by atoms with Gasteiger partial charge in [0.05, 0.1) is 22.3 Å². The Morgan fingerprint density at radius 1 is 0.731 bits per heavy atom. The van der Waals surface area contributed by atoms with Crippen molar-refractivity contribution in [2.45, 2.75) is 26.2 Å². The van der Waals surface area contributed by atoms with Gasteiger partial charge >= 0.3 is 0 Å². The normalized spacial score (nSPS) is 10.0. The Hall–Kier alpha value is -3.86. The third kappa shape index (κ3) is 2.43. The van der Waals surface area contributed by atoms with E-state index in [1.807, 2.05) is 36.4 Å². The Bertz CT molecular complexity index is 1210. The summed E-state index contributed by atoms with van der Waals surface area (Å²) in [6.07, 6.45) is 2.89. The first-order chi connectivity index (χ1) is 12.7. The fourth-order valence-electron chi connectivity index (χ4n) is 3.46. The summed E-state index contributed by atoms with van der Waals surface area (Å²) >= 11 is 0. The van der Waals surface area contributed by atoms with E-state index >= 15 is 0 Å². The lowest BCUT2D eigenvalue weighted by molar-refractivity contribution is 0.799. The van der Waals surface area contributed by atoms with Crippen LogP contribution in [0.5, 0.6) is 0 Å². The van der Waals surface area contributed by atoms with Gasteiger partial charge in [-0.15, -0.1) is 0 Å². The number of unbranched alkanes of at least 4 members (excludes halogenated alkanes) is 1. The van der Waals surface area contributed by atoms with Crippen LogP contribution in [0.25, 0.3) is 21.5 Å². The lowest BCUT2D eigenvalue weighted by Gasteiger charge is -2.14. The summed E-state index contributed by atoms with van der Waals surface area (Å²) in [5.41, 5.74) is 1.38. The van der Waals surface area contributed by atoms with Gasteiger partial charge in [-0.05, 0) is 29.2 Å². The predicted octanol–water partition coefficient (Wildman–Crippen LogP) is 4.82. The molecular formula is C22H14N4. The van der Waals surface area contributed by atoms with Gasteiger partial charge in [-0.25, -0.2) is 0 Å². The van der Waals surface area contributed by atoms with Crippen molar-refractivity contribution in [1.82, 2.24) is 0 Å². The van der Waals surface area contributed by atoms with Crippen molar-refractivity contribution < 1.29 is 0 Å². The van der Waals surface area contributed by atoms with E-state index in [1.165, 1.54) is 0 Å². The minimum atomic E-state index is -0.0237. The number of nitrogens with zero attached hydrogens (tertiary/aromatic N) is 4. The third-order valence-electron chi connectivity index (χ3n) is 4.65. The van der Waals surface area contributed by atoms with Gasteiger partial charge in [-0.1, -0.05) is 43.7 Å². The third-order valence-corrected chi connectivity index (χ3v) is 4.65. The van der Waals surface area contributed by atoms with Gasteiger partial charge in [-0.2, -0.15) is 21.0 Å². The molecule has 0 aliphatic heterocycles. The molecule has 0 bridgehead atoms. The van der Waals surface area contributed by atoms with E-state index in [-0.39, 0.29) is 22.3 Å². The topological polar surface area (TPSA) is 95.2 Å². The molecule has 122 valence electrons. The Morgan fingerprint density at radius 3 is 2.00 bits per heavy atom. The summed E-state index contributed by atoms with van der Waals surface area (Å²) in [6.45, 7) is 2.12. The maximum atomic E-state index is 9.76. The van der Waals surface area contributed by atoms with Crippen molar-refractivity contribution in [2.24, 2.45) is 0 Å². The first-order valence-corrected chi connectivity index (χ1v) is 8.36. The molecule has 4 heteroatoms. The summed E-state index contributed by atoms with van der Waals surface area (Å²) in [5, 5.41) is 41.4. The molecule has 0 aliphatic carbocycles. The van der Waals surface area contributed by atoms with E-state index in [2.05, 4.69) is 19.1 Å². The molecule has 0 N–H and O–H groups in total. The second kappa shape index (κ2) is 6.94. The summed E-state index contributed by atoms with van der Waals surface area (Å²) < 4.78 is 0. The van der Waals surface area contributed by atoms with Crippen molar-refractivity contribution in [3.8, 4) is 24.3 Å². The van der Waals surface area contributed by atoms with Crippen LogP contribution in [0.4, 0.5) is 0 Å². The van der Waals surface area contributed by atoms with Crippen molar-refractivity contribution >= 4 is 21.5 Å². The summed E-state index contributed by atoms with van der Waals surface area (Å²) in [7, 11) is 0. The highest BCUT2D eigenvalue weighted by Gasteiger charge is 2.21. The Kier molecular flexibility index (Phi) is 4.53. The van der Waals surface area contributed by atoms with Crippen LogP contribution in [0.15, 0.2) is 30.3 Å². The van der Waals surface area contributed by atoms with E-state index in [0.29, 0.717) is 10.8 Å². The van der Waals surface area contributed by atoms with Crippen molar-refractivity contribution in [1.29, 1.82) is 21.0 Å². The molecule has 3 aromatic rings. The second-order valence-electron chi connectivity index (χ2n) is 6.05. The lowest BCUT2D eigenvalue weighted by Crippen LogP contribution is -1.99. The largest absolute Gasteiger partial charge is 0.192 e. The number of benzene rings is 3. The van der Waals surface area contributed by atoms with Crippen LogP contribution in [0.3, 0.4) is 0 Å². The van der Waals surface area contributed by atoms with Gasteiger partial charge in [0.25, 0.3) is 0 Å². The van der Waals surface area contributed by atoms with Gasteiger partial charge in [0.1, 0.15) is 24.3 Å². The van der Waals surface area contributed by atoms with Gasteiger partial charge in [-0.3, -0.25) is 0 Å². The van der Waals surface area contributed by atoms with E-state index in [1.54, 1.807) is 6.07 Å².